The normalized spacial score (nSPS) is 24.5. The number of hydrogen-bond acceptors (Lipinski definition) is 10. The van der Waals surface area contributed by atoms with Crippen LogP contribution in [0.15, 0.2) is 4.99 Å². The number of ether oxygens (including phenoxy) is 5. The summed E-state index contributed by atoms with van der Waals surface area (Å²) in [6.45, 7) is 23.8. The van der Waals surface area contributed by atoms with Crippen LogP contribution in [0.4, 0.5) is 0 Å². The third-order valence-electron chi connectivity index (χ3n) is 5.70. The number of hydrogen-bond donors (Lipinski definition) is 0. The Labute approximate surface area is 239 Å². The fraction of sp³-hybridized carbons (Fsp3) is 0.833. The lowest BCUT2D eigenvalue weighted by atomic mass is 9.92. The van der Waals surface area contributed by atoms with Gasteiger partial charge in [0.25, 0.3) is 0 Å². The number of esters is 4. The largest absolute Gasteiger partial charge is 0.462 e. The number of carbonyl (C=O) groups is 4. The van der Waals surface area contributed by atoms with Crippen molar-refractivity contribution in [3.8, 4) is 0 Å². The zero-order valence-corrected chi connectivity index (χ0v) is 26.9. The van der Waals surface area contributed by atoms with Crippen LogP contribution in [-0.4, -0.2) is 67.3 Å². The molecule has 1 aliphatic rings. The summed E-state index contributed by atoms with van der Waals surface area (Å²) in [5, 5.41) is 0. The quantitative estimate of drug-likeness (QED) is 0.239. The molecule has 1 saturated heterocycles. The van der Waals surface area contributed by atoms with E-state index in [9.17, 15) is 19.2 Å². The Morgan fingerprint density at radius 2 is 1.02 bits per heavy atom. The molecular formula is C30H51NO9. The molecule has 0 amide bonds. The van der Waals surface area contributed by atoms with Gasteiger partial charge in [0.05, 0.1) is 21.7 Å². The van der Waals surface area contributed by atoms with Gasteiger partial charge in [0.1, 0.15) is 12.7 Å². The molecule has 1 fully saturated rings. The summed E-state index contributed by atoms with van der Waals surface area (Å²) >= 11 is 0. The number of aliphatic imine (C=N–C) groups is 1. The first-order valence-electron chi connectivity index (χ1n) is 13.8. The molecule has 0 unspecified atom stereocenters. The molecule has 0 aromatic heterocycles. The second-order valence-electron chi connectivity index (χ2n) is 14.8. The minimum absolute atomic E-state index is 0.0201. The lowest BCUT2D eigenvalue weighted by molar-refractivity contribution is -0.258. The molecule has 0 spiro atoms. The molecule has 0 aromatic carbocycles. The molecule has 10 heteroatoms. The molecule has 1 rings (SSSR count). The van der Waals surface area contributed by atoms with E-state index in [1.165, 1.54) is 0 Å². The SMILES string of the molecule is CC(C)/C=N/[C@@H]1O[C@H](COC(=O)C(C)(C)C)[C@H](OC(=O)C(C)(C)C)[C@H](OC(=O)C(C)(C)C)[C@H]1OC(=O)C(C)(C)C. The number of rotatable bonds is 7. The first kappa shape index (κ1) is 35.5. The van der Waals surface area contributed by atoms with Crippen LogP contribution in [0.25, 0.3) is 0 Å². The summed E-state index contributed by atoms with van der Waals surface area (Å²) in [4.78, 5) is 56.6. The van der Waals surface area contributed by atoms with Gasteiger partial charge < -0.3 is 23.7 Å². The van der Waals surface area contributed by atoms with Crippen molar-refractivity contribution in [1.29, 1.82) is 0 Å². The smallest absolute Gasteiger partial charge is 0.311 e. The highest BCUT2D eigenvalue weighted by atomic mass is 16.7. The highest BCUT2D eigenvalue weighted by Gasteiger charge is 2.54. The second-order valence-corrected chi connectivity index (χ2v) is 14.8. The van der Waals surface area contributed by atoms with Crippen LogP contribution < -0.4 is 0 Å². The van der Waals surface area contributed by atoms with Crippen molar-refractivity contribution in [2.24, 2.45) is 32.6 Å². The molecule has 1 heterocycles. The van der Waals surface area contributed by atoms with Crippen molar-refractivity contribution in [1.82, 2.24) is 0 Å². The summed E-state index contributed by atoms with van der Waals surface area (Å²) in [5.74, 6) is -2.27. The standard InChI is InChI=1S/C30H51NO9/c1-17(2)15-31-22-21(40-26(35)30(12,13)14)20(39-25(34)29(9,10)11)19(38-24(33)28(6,7)8)18(37-22)16-36-23(32)27(3,4)5/h15,17-22H,16H2,1-14H3/b31-15+/t18-,19+,20+,21-,22-/m1/s1. The number of nitrogens with zero attached hydrogens (tertiary/aromatic N) is 1. The van der Waals surface area contributed by atoms with Crippen LogP contribution in [0.5, 0.6) is 0 Å². The minimum atomic E-state index is -1.30. The Bertz CT molecular complexity index is 942. The molecule has 40 heavy (non-hydrogen) atoms. The molecule has 1 aliphatic heterocycles. The highest BCUT2D eigenvalue weighted by Crippen LogP contribution is 2.34. The van der Waals surface area contributed by atoms with E-state index in [0.717, 1.165) is 0 Å². The summed E-state index contributed by atoms with van der Waals surface area (Å²) in [6.07, 6.45) is -4.39. The molecule has 0 saturated carbocycles. The lowest BCUT2D eigenvalue weighted by Crippen LogP contribution is -2.63. The summed E-state index contributed by atoms with van der Waals surface area (Å²) in [7, 11) is 0. The van der Waals surface area contributed by atoms with Crippen LogP contribution in [0, 0.1) is 27.6 Å². The van der Waals surface area contributed by atoms with E-state index in [-0.39, 0.29) is 12.5 Å². The van der Waals surface area contributed by atoms with Gasteiger partial charge in [-0.1, -0.05) is 13.8 Å². The van der Waals surface area contributed by atoms with Crippen molar-refractivity contribution in [2.75, 3.05) is 6.61 Å². The van der Waals surface area contributed by atoms with E-state index in [1.54, 1.807) is 89.3 Å². The molecule has 0 bridgehead atoms. The lowest BCUT2D eigenvalue weighted by Gasteiger charge is -2.45. The minimum Gasteiger partial charge on any atom is -0.462 e. The average Bonchev–Trinajstić information content (AvgIpc) is 2.76. The van der Waals surface area contributed by atoms with Gasteiger partial charge in [-0.2, -0.15) is 0 Å². The Balaban J connectivity index is 3.75. The average molecular weight is 570 g/mol. The van der Waals surface area contributed by atoms with Crippen molar-refractivity contribution in [3.05, 3.63) is 0 Å². The van der Waals surface area contributed by atoms with E-state index in [1.807, 2.05) is 13.8 Å². The van der Waals surface area contributed by atoms with Crippen molar-refractivity contribution >= 4 is 30.1 Å². The van der Waals surface area contributed by atoms with E-state index in [2.05, 4.69) is 4.99 Å². The van der Waals surface area contributed by atoms with E-state index in [0.29, 0.717) is 0 Å². The van der Waals surface area contributed by atoms with E-state index in [4.69, 9.17) is 23.7 Å². The maximum atomic E-state index is 13.2. The van der Waals surface area contributed by atoms with E-state index >= 15 is 0 Å². The van der Waals surface area contributed by atoms with Crippen LogP contribution in [-0.2, 0) is 42.9 Å². The molecule has 0 radical (unpaired) electrons. The van der Waals surface area contributed by atoms with Gasteiger partial charge in [-0.25, -0.2) is 0 Å². The predicted octanol–water partition coefficient (Wildman–Crippen LogP) is 4.90. The fourth-order valence-corrected chi connectivity index (χ4v) is 3.08. The Kier molecular flexibility index (Phi) is 11.5. The van der Waals surface area contributed by atoms with Crippen LogP contribution in [0.1, 0.15) is 96.9 Å². The first-order valence-corrected chi connectivity index (χ1v) is 13.8. The highest BCUT2D eigenvalue weighted by molar-refractivity contribution is 5.78. The number of carbonyl (C=O) groups excluding carboxylic acids is 4. The maximum Gasteiger partial charge on any atom is 0.311 e. The fourth-order valence-electron chi connectivity index (χ4n) is 3.08. The van der Waals surface area contributed by atoms with Gasteiger partial charge in [-0.3, -0.25) is 24.2 Å². The second kappa shape index (κ2) is 13.0. The van der Waals surface area contributed by atoms with Crippen molar-refractivity contribution in [2.45, 2.75) is 128 Å². The van der Waals surface area contributed by atoms with Gasteiger partial charge in [-0.05, 0) is 89.0 Å². The molecule has 0 aliphatic carbocycles. The Morgan fingerprint density at radius 3 is 1.40 bits per heavy atom. The van der Waals surface area contributed by atoms with Crippen molar-refractivity contribution < 1.29 is 42.9 Å². The molecule has 5 atom stereocenters. The summed E-state index contributed by atoms with van der Waals surface area (Å²) in [5.41, 5.74) is -3.55. The van der Waals surface area contributed by atoms with Crippen LogP contribution in [0.3, 0.4) is 0 Å². The molecule has 10 nitrogen and oxygen atoms in total. The molecule has 0 N–H and O–H groups in total. The third kappa shape index (κ3) is 10.5. The van der Waals surface area contributed by atoms with Gasteiger partial charge in [-0.15, -0.1) is 0 Å². The van der Waals surface area contributed by atoms with Gasteiger partial charge >= 0.3 is 23.9 Å². The molecular weight excluding hydrogens is 518 g/mol. The van der Waals surface area contributed by atoms with Gasteiger partial charge in [0.15, 0.2) is 24.5 Å². The Morgan fingerprint density at radius 1 is 0.650 bits per heavy atom. The van der Waals surface area contributed by atoms with Gasteiger partial charge in [0, 0.05) is 6.21 Å². The van der Waals surface area contributed by atoms with Gasteiger partial charge in [0.2, 0.25) is 0 Å². The molecule has 0 aromatic rings. The monoisotopic (exact) mass is 569 g/mol. The Hall–Kier alpha value is -2.49. The topological polar surface area (TPSA) is 127 Å². The first-order chi connectivity index (χ1) is 17.9. The third-order valence-corrected chi connectivity index (χ3v) is 5.70. The predicted molar refractivity (Wildman–Crippen MR) is 150 cm³/mol. The van der Waals surface area contributed by atoms with Crippen LogP contribution >= 0.6 is 0 Å². The maximum absolute atomic E-state index is 13.2. The molecule has 230 valence electrons. The summed E-state index contributed by atoms with van der Waals surface area (Å²) < 4.78 is 29.6. The zero-order chi connectivity index (χ0) is 31.4. The zero-order valence-electron chi connectivity index (χ0n) is 26.9. The van der Waals surface area contributed by atoms with Crippen LogP contribution in [0.2, 0.25) is 0 Å². The van der Waals surface area contributed by atoms with Crippen molar-refractivity contribution in [3.63, 3.8) is 0 Å². The van der Waals surface area contributed by atoms with E-state index < -0.39 is 76.2 Å². The summed E-state index contributed by atoms with van der Waals surface area (Å²) in [6, 6.07) is 0.